The van der Waals surface area contributed by atoms with E-state index in [1.54, 1.807) is 35.2 Å². The molecule has 0 saturated carbocycles. The summed E-state index contributed by atoms with van der Waals surface area (Å²) in [6.45, 7) is 0.436. The molecule has 2 heterocycles. The second-order valence-electron chi connectivity index (χ2n) is 14.3. The van der Waals surface area contributed by atoms with Gasteiger partial charge in [0.05, 0.1) is 40.4 Å². The van der Waals surface area contributed by atoms with Crippen LogP contribution in [0.1, 0.15) is 79.6 Å². The third kappa shape index (κ3) is 11.3. The van der Waals surface area contributed by atoms with Crippen molar-refractivity contribution in [3.05, 3.63) is 144 Å². The number of carbonyl (C=O) groups excluding carboxylic acids is 2. The lowest BCUT2D eigenvalue weighted by molar-refractivity contribution is -0.245. The Morgan fingerprint density at radius 2 is 1.51 bits per heavy atom. The minimum Gasteiger partial charge on any atom is -0.397 e. The maximum atomic E-state index is 12.7. The molecule has 1 aliphatic heterocycles. The molecular formula is C46H48N4O5S2. The Morgan fingerprint density at radius 3 is 2.30 bits per heavy atom. The first-order chi connectivity index (χ1) is 27.9. The van der Waals surface area contributed by atoms with E-state index < -0.39 is 6.29 Å². The number of hydrogen-bond acceptors (Lipinski definition) is 9. The molecule has 0 unspecified atom stereocenters. The molecule has 0 radical (unpaired) electrons. The van der Waals surface area contributed by atoms with E-state index in [1.807, 2.05) is 78.9 Å². The van der Waals surface area contributed by atoms with Crippen LogP contribution in [0.3, 0.4) is 0 Å². The monoisotopic (exact) mass is 800 g/mol. The lowest BCUT2D eigenvalue weighted by Crippen LogP contribution is -2.31. The third-order valence-corrected chi connectivity index (χ3v) is 12.3. The highest BCUT2D eigenvalue weighted by molar-refractivity contribution is 8.01. The standard InChI is InChI=1S/C46H48N4O5S2/c47-38-15-5-6-16-39(38)49-44(53)20-4-2-1-3-19-43(52)48-28-32-11-9-12-34(25-32)35-13-10-14-36(26-35)45-54-37(27-41(55-45)33-23-21-31(29-51)22-24-33)30-56-46-50-40-17-7-8-18-42(40)57-46/h5-18,21-26,37,41,45,51H,1-4,19-20,27-30,47H2,(H,48,52)(H,49,53)/t37-,41+,45+/m1/s1. The number of nitrogen functional groups attached to an aromatic ring is 1. The topological polar surface area (TPSA) is 136 Å². The molecule has 5 aromatic carbocycles. The number of aliphatic hydroxyl groups excluding tert-OH is 1. The van der Waals surface area contributed by atoms with Crippen molar-refractivity contribution in [2.45, 2.75) is 80.9 Å². The van der Waals surface area contributed by atoms with E-state index in [-0.39, 0.29) is 30.6 Å². The third-order valence-electron chi connectivity index (χ3n) is 9.98. The van der Waals surface area contributed by atoms with Gasteiger partial charge < -0.3 is 30.9 Å². The number of hydrogen-bond donors (Lipinski definition) is 4. The first kappa shape index (κ1) is 40.2. The average molecular weight is 801 g/mol. The molecule has 2 amide bonds. The van der Waals surface area contributed by atoms with Gasteiger partial charge in [-0.1, -0.05) is 110 Å². The molecule has 1 fully saturated rings. The first-order valence-electron chi connectivity index (χ1n) is 19.5. The molecule has 6 aromatic rings. The number of nitrogens with two attached hydrogens (primary N) is 1. The fourth-order valence-electron chi connectivity index (χ4n) is 6.86. The normalized spacial score (nSPS) is 16.7. The van der Waals surface area contributed by atoms with Crippen molar-refractivity contribution in [2.75, 3.05) is 16.8 Å². The van der Waals surface area contributed by atoms with E-state index in [1.165, 1.54) is 4.70 Å². The number of fused-ring (bicyclic) bond motifs is 1. The van der Waals surface area contributed by atoms with Gasteiger partial charge in [-0.25, -0.2) is 4.98 Å². The number of ether oxygens (including phenoxy) is 2. The van der Waals surface area contributed by atoms with Crippen molar-refractivity contribution < 1.29 is 24.2 Å². The zero-order valence-corrected chi connectivity index (χ0v) is 33.4. The Bertz CT molecular complexity index is 2230. The van der Waals surface area contributed by atoms with Crippen molar-refractivity contribution in [3.8, 4) is 11.1 Å². The van der Waals surface area contributed by atoms with Gasteiger partial charge in [0.2, 0.25) is 11.8 Å². The van der Waals surface area contributed by atoms with Crippen molar-refractivity contribution in [1.82, 2.24) is 10.3 Å². The smallest absolute Gasteiger partial charge is 0.224 e. The number of unbranched alkanes of at least 4 members (excludes halogenated alkanes) is 3. The Hall–Kier alpha value is -5.04. The maximum Gasteiger partial charge on any atom is 0.224 e. The summed E-state index contributed by atoms with van der Waals surface area (Å²) in [7, 11) is 0. The highest BCUT2D eigenvalue weighted by atomic mass is 32.2. The number of benzene rings is 5. The van der Waals surface area contributed by atoms with E-state index >= 15 is 0 Å². The second kappa shape index (κ2) is 19.9. The molecule has 294 valence electrons. The molecule has 5 N–H and O–H groups in total. The number of aliphatic hydroxyl groups is 1. The Morgan fingerprint density at radius 1 is 0.772 bits per heavy atom. The molecule has 0 aliphatic carbocycles. The SMILES string of the molecule is Nc1ccccc1NC(=O)CCCCCCC(=O)NCc1cccc(-c2cccc([C@H]3O[C@@H](CSc4nc5ccccc5s4)C[C@@H](c4ccc(CO)cc4)O3)c2)c1. The predicted octanol–water partition coefficient (Wildman–Crippen LogP) is 9.97. The van der Waals surface area contributed by atoms with Crippen molar-refractivity contribution in [2.24, 2.45) is 0 Å². The Balaban J connectivity index is 0.923. The summed E-state index contributed by atoms with van der Waals surface area (Å²) >= 11 is 3.42. The first-order valence-corrected chi connectivity index (χ1v) is 21.3. The summed E-state index contributed by atoms with van der Waals surface area (Å²) in [4.78, 5) is 29.8. The molecule has 0 bridgehead atoms. The van der Waals surface area contributed by atoms with E-state index in [2.05, 4.69) is 41.0 Å². The minimum atomic E-state index is -0.574. The molecule has 9 nitrogen and oxygen atoms in total. The summed E-state index contributed by atoms with van der Waals surface area (Å²) in [5.74, 6) is 0.705. The summed E-state index contributed by atoms with van der Waals surface area (Å²) in [6.07, 6.45) is 4.03. The molecular weight excluding hydrogens is 753 g/mol. The number of thiazole rings is 1. The molecule has 7 rings (SSSR count). The van der Waals surface area contributed by atoms with Gasteiger partial charge in [-0.2, -0.15) is 0 Å². The molecule has 1 aliphatic rings. The number of rotatable bonds is 17. The second-order valence-corrected chi connectivity index (χ2v) is 16.6. The molecule has 1 saturated heterocycles. The number of nitrogens with one attached hydrogen (secondary N) is 2. The molecule has 1 aromatic heterocycles. The van der Waals surface area contributed by atoms with Crippen molar-refractivity contribution >= 4 is 56.5 Å². The number of anilines is 2. The van der Waals surface area contributed by atoms with E-state index in [0.29, 0.717) is 37.2 Å². The van der Waals surface area contributed by atoms with Gasteiger partial charge in [-0.05, 0) is 77.1 Å². The largest absolute Gasteiger partial charge is 0.397 e. The summed E-state index contributed by atoms with van der Waals surface area (Å²) in [5, 5.41) is 15.5. The van der Waals surface area contributed by atoms with Gasteiger partial charge in [0.25, 0.3) is 0 Å². The number of nitrogens with zero attached hydrogens (tertiary/aromatic N) is 1. The number of amides is 2. The van der Waals surface area contributed by atoms with E-state index in [0.717, 1.165) is 74.7 Å². The number of carbonyl (C=O) groups is 2. The number of aromatic nitrogens is 1. The van der Waals surface area contributed by atoms with Gasteiger partial charge in [-0.3, -0.25) is 9.59 Å². The van der Waals surface area contributed by atoms with Gasteiger partial charge in [0.1, 0.15) is 0 Å². The van der Waals surface area contributed by atoms with E-state index in [4.69, 9.17) is 20.2 Å². The van der Waals surface area contributed by atoms with Gasteiger partial charge in [0.15, 0.2) is 10.6 Å². The van der Waals surface area contributed by atoms with Crippen LogP contribution >= 0.6 is 23.1 Å². The zero-order valence-electron chi connectivity index (χ0n) is 31.8. The van der Waals surface area contributed by atoms with Crippen LogP contribution in [0.5, 0.6) is 0 Å². The number of para-hydroxylation sites is 3. The molecule has 0 spiro atoms. The van der Waals surface area contributed by atoms with E-state index in [9.17, 15) is 14.7 Å². The van der Waals surface area contributed by atoms with Crippen LogP contribution in [0, 0.1) is 0 Å². The summed E-state index contributed by atoms with van der Waals surface area (Å²) in [6, 6.07) is 39.9. The lowest BCUT2D eigenvalue weighted by atomic mass is 9.99. The van der Waals surface area contributed by atoms with Crippen LogP contribution in [0.4, 0.5) is 11.4 Å². The lowest BCUT2D eigenvalue weighted by Gasteiger charge is -2.36. The Kier molecular flexibility index (Phi) is 14.0. The van der Waals surface area contributed by atoms with Gasteiger partial charge in [0, 0.05) is 37.1 Å². The predicted molar refractivity (Wildman–Crippen MR) is 230 cm³/mol. The van der Waals surface area contributed by atoms with Crippen LogP contribution in [0.15, 0.2) is 126 Å². The maximum absolute atomic E-state index is 12.7. The Labute approximate surface area is 342 Å². The highest BCUT2D eigenvalue weighted by Gasteiger charge is 2.32. The van der Waals surface area contributed by atoms with Crippen LogP contribution in [0.25, 0.3) is 21.3 Å². The minimum absolute atomic E-state index is 0.00368. The quantitative estimate of drug-likeness (QED) is 0.0407. The van der Waals surface area contributed by atoms with Gasteiger partial charge in [-0.15, -0.1) is 11.3 Å². The number of thioether (sulfide) groups is 1. The van der Waals surface area contributed by atoms with Crippen LogP contribution in [0.2, 0.25) is 0 Å². The van der Waals surface area contributed by atoms with Crippen molar-refractivity contribution in [3.63, 3.8) is 0 Å². The van der Waals surface area contributed by atoms with Crippen LogP contribution in [-0.2, 0) is 32.2 Å². The molecule has 57 heavy (non-hydrogen) atoms. The summed E-state index contributed by atoms with van der Waals surface area (Å²) < 4.78 is 15.5. The van der Waals surface area contributed by atoms with Crippen LogP contribution in [-0.4, -0.2) is 33.8 Å². The fourth-order valence-corrected chi connectivity index (χ4v) is 8.97. The average Bonchev–Trinajstić information content (AvgIpc) is 3.67. The van der Waals surface area contributed by atoms with Gasteiger partial charge >= 0.3 is 0 Å². The summed E-state index contributed by atoms with van der Waals surface area (Å²) in [5.41, 5.74) is 14.0. The van der Waals surface area contributed by atoms with Crippen LogP contribution < -0.4 is 16.4 Å². The molecule has 3 atom stereocenters. The fraction of sp³-hybridized carbons (Fsp3) is 0.283. The molecule has 11 heteroatoms. The van der Waals surface area contributed by atoms with Crippen molar-refractivity contribution in [1.29, 1.82) is 0 Å². The highest BCUT2D eigenvalue weighted by Crippen LogP contribution is 2.41. The zero-order chi connectivity index (χ0) is 39.4.